The number of benzene rings is 2. The van der Waals surface area contributed by atoms with E-state index in [0.717, 1.165) is 5.56 Å². The van der Waals surface area contributed by atoms with Gasteiger partial charge in [-0.1, -0.05) is 12.1 Å². The van der Waals surface area contributed by atoms with Gasteiger partial charge in [0.25, 0.3) is 0 Å². The van der Waals surface area contributed by atoms with Gasteiger partial charge in [0.2, 0.25) is 5.91 Å². The molecule has 0 aromatic heterocycles. The zero-order chi connectivity index (χ0) is 15.2. The van der Waals surface area contributed by atoms with Gasteiger partial charge in [-0.3, -0.25) is 4.79 Å². The molecule has 1 amide bonds. The fourth-order valence-electron chi connectivity index (χ4n) is 1.72. The first kappa shape index (κ1) is 14.6. The van der Waals surface area contributed by atoms with Crippen LogP contribution in [-0.2, 0) is 4.79 Å². The maximum Gasteiger partial charge on any atom is 0.248 e. The molecule has 0 unspecified atom stereocenters. The van der Waals surface area contributed by atoms with E-state index in [2.05, 4.69) is 5.32 Å². The summed E-state index contributed by atoms with van der Waals surface area (Å²) in [5.41, 5.74) is 7.51. The molecule has 0 spiro atoms. The largest absolute Gasteiger partial charge is 0.495 e. The van der Waals surface area contributed by atoms with Crippen molar-refractivity contribution in [3.05, 3.63) is 59.9 Å². The minimum Gasteiger partial charge on any atom is -0.495 e. The Morgan fingerprint density at radius 1 is 1.24 bits per heavy atom. The van der Waals surface area contributed by atoms with Crippen molar-refractivity contribution in [3.63, 3.8) is 0 Å². The number of carbonyl (C=O) groups is 1. The number of ether oxygens (including phenoxy) is 1. The normalized spacial score (nSPS) is 10.6. The van der Waals surface area contributed by atoms with Crippen molar-refractivity contribution in [2.75, 3.05) is 18.2 Å². The molecule has 0 radical (unpaired) electrons. The van der Waals surface area contributed by atoms with E-state index in [0.29, 0.717) is 17.1 Å². The number of nitrogens with one attached hydrogen (secondary N) is 1. The summed E-state index contributed by atoms with van der Waals surface area (Å²) in [5.74, 6) is -0.118. The highest BCUT2D eigenvalue weighted by atomic mass is 19.1. The third kappa shape index (κ3) is 4.07. The maximum atomic E-state index is 12.8. The molecular weight excluding hydrogens is 271 g/mol. The number of halogens is 1. The summed E-state index contributed by atoms with van der Waals surface area (Å²) >= 11 is 0. The lowest BCUT2D eigenvalue weighted by atomic mass is 10.2. The van der Waals surface area contributed by atoms with Crippen LogP contribution in [0.5, 0.6) is 5.75 Å². The van der Waals surface area contributed by atoms with Gasteiger partial charge in [-0.05, 0) is 35.9 Å². The Morgan fingerprint density at radius 2 is 1.95 bits per heavy atom. The molecule has 0 aliphatic rings. The number of amides is 1. The van der Waals surface area contributed by atoms with Crippen molar-refractivity contribution in [1.29, 1.82) is 0 Å². The molecule has 2 rings (SSSR count). The first-order valence-corrected chi connectivity index (χ1v) is 6.26. The number of hydrogen-bond acceptors (Lipinski definition) is 3. The van der Waals surface area contributed by atoms with E-state index in [4.69, 9.17) is 10.5 Å². The van der Waals surface area contributed by atoms with Crippen molar-refractivity contribution in [2.45, 2.75) is 0 Å². The summed E-state index contributed by atoms with van der Waals surface area (Å²) in [4.78, 5) is 11.8. The molecule has 2 aromatic rings. The van der Waals surface area contributed by atoms with E-state index in [1.807, 2.05) is 0 Å². The van der Waals surface area contributed by atoms with Crippen LogP contribution in [0.1, 0.15) is 5.56 Å². The standard InChI is InChI=1S/C16H15FN2O2/c1-21-15-10-13(7-8-14(15)18)19-16(20)9-4-11-2-5-12(17)6-3-11/h2-10H,18H2,1H3,(H,19,20)/b9-4+. The smallest absolute Gasteiger partial charge is 0.248 e. The molecule has 0 bridgehead atoms. The number of nitrogens with two attached hydrogens (primary N) is 1. The average Bonchev–Trinajstić information content (AvgIpc) is 2.48. The predicted molar refractivity (Wildman–Crippen MR) is 81.5 cm³/mol. The molecule has 2 aromatic carbocycles. The SMILES string of the molecule is COc1cc(NC(=O)/C=C/c2ccc(F)cc2)ccc1N. The molecule has 0 fully saturated rings. The molecule has 0 saturated carbocycles. The number of hydrogen-bond donors (Lipinski definition) is 2. The summed E-state index contributed by atoms with van der Waals surface area (Å²) in [6.45, 7) is 0. The number of rotatable bonds is 4. The minimum absolute atomic E-state index is 0.300. The first-order chi connectivity index (χ1) is 10.1. The Balaban J connectivity index is 2.03. The van der Waals surface area contributed by atoms with Crippen molar-refractivity contribution in [3.8, 4) is 5.75 Å². The van der Waals surface area contributed by atoms with Gasteiger partial charge in [0, 0.05) is 17.8 Å². The summed E-state index contributed by atoms with van der Waals surface area (Å²) in [5, 5.41) is 2.69. The van der Waals surface area contributed by atoms with Gasteiger partial charge in [0.1, 0.15) is 11.6 Å². The monoisotopic (exact) mass is 286 g/mol. The van der Waals surface area contributed by atoms with Crippen LogP contribution in [0.25, 0.3) is 6.08 Å². The van der Waals surface area contributed by atoms with Gasteiger partial charge >= 0.3 is 0 Å². The van der Waals surface area contributed by atoms with E-state index in [9.17, 15) is 9.18 Å². The molecule has 0 aliphatic heterocycles. The van der Waals surface area contributed by atoms with Crippen molar-refractivity contribution < 1.29 is 13.9 Å². The van der Waals surface area contributed by atoms with Crippen LogP contribution >= 0.6 is 0 Å². The highest BCUT2D eigenvalue weighted by molar-refractivity contribution is 6.02. The molecule has 3 N–H and O–H groups in total. The lowest BCUT2D eigenvalue weighted by Gasteiger charge is -2.07. The Hall–Kier alpha value is -2.82. The van der Waals surface area contributed by atoms with Crippen LogP contribution in [0.3, 0.4) is 0 Å². The van der Waals surface area contributed by atoms with E-state index in [1.165, 1.54) is 25.3 Å². The summed E-state index contributed by atoms with van der Waals surface area (Å²) < 4.78 is 17.8. The van der Waals surface area contributed by atoms with Crippen LogP contribution < -0.4 is 15.8 Å². The number of nitrogen functional groups attached to an aromatic ring is 1. The molecule has 21 heavy (non-hydrogen) atoms. The second kappa shape index (κ2) is 6.56. The van der Waals surface area contributed by atoms with Crippen LogP contribution in [0.4, 0.5) is 15.8 Å². The first-order valence-electron chi connectivity index (χ1n) is 6.26. The molecular formula is C16H15FN2O2. The van der Waals surface area contributed by atoms with E-state index < -0.39 is 0 Å². The second-order valence-corrected chi connectivity index (χ2v) is 4.33. The van der Waals surface area contributed by atoms with Gasteiger partial charge in [-0.25, -0.2) is 4.39 Å². The minimum atomic E-state index is -0.314. The van der Waals surface area contributed by atoms with Gasteiger partial charge in [0.15, 0.2) is 0 Å². The molecule has 108 valence electrons. The Labute approximate surface area is 122 Å². The predicted octanol–water partition coefficient (Wildman–Crippen LogP) is 3.07. The number of anilines is 2. The highest BCUT2D eigenvalue weighted by Gasteiger charge is 2.03. The Morgan fingerprint density at radius 3 is 2.62 bits per heavy atom. The zero-order valence-electron chi connectivity index (χ0n) is 11.5. The molecule has 4 nitrogen and oxygen atoms in total. The van der Waals surface area contributed by atoms with Crippen molar-refractivity contribution in [1.82, 2.24) is 0 Å². The Kier molecular flexibility index (Phi) is 4.56. The highest BCUT2D eigenvalue weighted by Crippen LogP contribution is 2.24. The van der Waals surface area contributed by atoms with E-state index in [1.54, 1.807) is 36.4 Å². The summed E-state index contributed by atoms with van der Waals surface area (Å²) in [6.07, 6.45) is 2.97. The molecule has 0 atom stereocenters. The maximum absolute atomic E-state index is 12.8. The Bertz CT molecular complexity index is 666. The van der Waals surface area contributed by atoms with Crippen LogP contribution in [-0.4, -0.2) is 13.0 Å². The lowest BCUT2D eigenvalue weighted by Crippen LogP contribution is -2.08. The topological polar surface area (TPSA) is 64.3 Å². The van der Waals surface area contributed by atoms with Crippen molar-refractivity contribution >= 4 is 23.4 Å². The fourth-order valence-corrected chi connectivity index (χ4v) is 1.72. The van der Waals surface area contributed by atoms with E-state index >= 15 is 0 Å². The van der Waals surface area contributed by atoms with Gasteiger partial charge in [0.05, 0.1) is 12.8 Å². The second-order valence-electron chi connectivity index (χ2n) is 4.33. The lowest BCUT2D eigenvalue weighted by molar-refractivity contribution is -0.111. The quantitative estimate of drug-likeness (QED) is 0.670. The van der Waals surface area contributed by atoms with Gasteiger partial charge in [-0.15, -0.1) is 0 Å². The van der Waals surface area contributed by atoms with Gasteiger partial charge in [-0.2, -0.15) is 0 Å². The molecule has 0 saturated heterocycles. The number of carbonyl (C=O) groups excluding carboxylic acids is 1. The third-order valence-electron chi connectivity index (χ3n) is 2.80. The molecule has 5 heteroatoms. The van der Waals surface area contributed by atoms with E-state index in [-0.39, 0.29) is 11.7 Å². The van der Waals surface area contributed by atoms with Gasteiger partial charge < -0.3 is 15.8 Å². The number of methoxy groups -OCH3 is 1. The fraction of sp³-hybridized carbons (Fsp3) is 0.0625. The zero-order valence-corrected chi connectivity index (χ0v) is 11.5. The third-order valence-corrected chi connectivity index (χ3v) is 2.80. The molecule has 0 heterocycles. The summed E-state index contributed by atoms with van der Waals surface area (Å²) in [7, 11) is 1.51. The average molecular weight is 286 g/mol. The molecule has 0 aliphatic carbocycles. The van der Waals surface area contributed by atoms with Crippen LogP contribution in [0.15, 0.2) is 48.5 Å². The van der Waals surface area contributed by atoms with Crippen LogP contribution in [0.2, 0.25) is 0 Å². The van der Waals surface area contributed by atoms with Crippen LogP contribution in [0, 0.1) is 5.82 Å². The summed E-state index contributed by atoms with van der Waals surface area (Å²) in [6, 6.07) is 10.8. The van der Waals surface area contributed by atoms with Crippen molar-refractivity contribution in [2.24, 2.45) is 0 Å².